The van der Waals surface area contributed by atoms with Gasteiger partial charge in [-0.2, -0.15) is 0 Å². The van der Waals surface area contributed by atoms with Gasteiger partial charge in [0.1, 0.15) is 5.75 Å². The molecule has 1 aliphatic rings. The lowest BCUT2D eigenvalue weighted by Crippen LogP contribution is -2.34. The standard InChI is InChI=1S/C17H15ClN2O3/c1-10-17(22)20-14-7-11(5-6-15(14)23-10)8-16(21)19-13-4-2-3-12(18)9-13/h2-7,9-10H,8H2,1H3,(H,19,21)(H,20,22). The number of ether oxygens (including phenoxy) is 1. The number of amides is 2. The molecule has 2 amide bonds. The molecule has 118 valence electrons. The number of hydrogen-bond donors (Lipinski definition) is 2. The van der Waals surface area contributed by atoms with Gasteiger partial charge in [0.15, 0.2) is 6.10 Å². The molecule has 0 spiro atoms. The molecule has 1 aliphatic heterocycles. The van der Waals surface area contributed by atoms with Gasteiger partial charge in [0.25, 0.3) is 5.91 Å². The molecule has 0 aromatic heterocycles. The number of carbonyl (C=O) groups excluding carboxylic acids is 2. The van der Waals surface area contributed by atoms with Gasteiger partial charge in [0.2, 0.25) is 5.91 Å². The van der Waals surface area contributed by atoms with Crippen molar-refractivity contribution in [1.82, 2.24) is 0 Å². The molecule has 2 aromatic rings. The molecule has 0 radical (unpaired) electrons. The van der Waals surface area contributed by atoms with Gasteiger partial charge in [-0.25, -0.2) is 0 Å². The summed E-state index contributed by atoms with van der Waals surface area (Å²) in [4.78, 5) is 23.7. The Morgan fingerprint density at radius 3 is 2.91 bits per heavy atom. The van der Waals surface area contributed by atoms with Crippen LogP contribution >= 0.6 is 11.6 Å². The molecule has 0 bridgehead atoms. The molecular formula is C17H15ClN2O3. The predicted molar refractivity (Wildman–Crippen MR) is 88.9 cm³/mol. The van der Waals surface area contributed by atoms with Crippen LogP contribution in [-0.2, 0) is 16.0 Å². The SMILES string of the molecule is CC1Oc2ccc(CC(=O)Nc3cccc(Cl)c3)cc2NC1=O. The molecule has 2 aromatic carbocycles. The van der Waals surface area contributed by atoms with E-state index in [2.05, 4.69) is 10.6 Å². The second kappa shape index (κ2) is 6.30. The lowest BCUT2D eigenvalue weighted by molar-refractivity contribution is -0.122. The third-order valence-corrected chi connectivity index (χ3v) is 3.68. The highest BCUT2D eigenvalue weighted by atomic mass is 35.5. The van der Waals surface area contributed by atoms with Crippen molar-refractivity contribution in [1.29, 1.82) is 0 Å². The average Bonchev–Trinajstić information content (AvgIpc) is 2.48. The quantitative estimate of drug-likeness (QED) is 0.907. The lowest BCUT2D eigenvalue weighted by Gasteiger charge is -2.23. The number of fused-ring (bicyclic) bond motifs is 1. The summed E-state index contributed by atoms with van der Waals surface area (Å²) < 4.78 is 5.49. The topological polar surface area (TPSA) is 67.4 Å². The molecule has 2 N–H and O–H groups in total. The van der Waals surface area contributed by atoms with Gasteiger partial charge in [0, 0.05) is 10.7 Å². The molecule has 1 unspecified atom stereocenters. The van der Waals surface area contributed by atoms with Gasteiger partial charge in [-0.05, 0) is 42.8 Å². The Kier molecular flexibility index (Phi) is 4.21. The molecule has 5 nitrogen and oxygen atoms in total. The minimum Gasteiger partial charge on any atom is -0.479 e. The summed E-state index contributed by atoms with van der Waals surface area (Å²) in [7, 11) is 0. The molecule has 0 saturated carbocycles. The molecule has 1 atom stereocenters. The van der Waals surface area contributed by atoms with Gasteiger partial charge in [-0.1, -0.05) is 23.7 Å². The Labute approximate surface area is 138 Å². The van der Waals surface area contributed by atoms with Crippen LogP contribution in [-0.4, -0.2) is 17.9 Å². The first kappa shape index (κ1) is 15.4. The van der Waals surface area contributed by atoms with E-state index >= 15 is 0 Å². The van der Waals surface area contributed by atoms with Crippen LogP contribution in [0.5, 0.6) is 5.75 Å². The maximum absolute atomic E-state index is 12.1. The summed E-state index contributed by atoms with van der Waals surface area (Å²) in [6, 6.07) is 12.3. The van der Waals surface area contributed by atoms with Crippen LogP contribution in [0.4, 0.5) is 11.4 Å². The number of carbonyl (C=O) groups is 2. The van der Waals surface area contributed by atoms with E-state index in [1.165, 1.54) is 0 Å². The van der Waals surface area contributed by atoms with E-state index in [-0.39, 0.29) is 18.2 Å². The Morgan fingerprint density at radius 1 is 1.30 bits per heavy atom. The second-order valence-corrected chi connectivity index (χ2v) is 5.75. The molecule has 0 aliphatic carbocycles. The molecule has 0 fully saturated rings. The van der Waals surface area contributed by atoms with E-state index in [0.29, 0.717) is 22.1 Å². The third-order valence-electron chi connectivity index (χ3n) is 3.45. The monoisotopic (exact) mass is 330 g/mol. The molecule has 3 rings (SSSR count). The number of halogens is 1. The van der Waals surface area contributed by atoms with Gasteiger partial charge in [-0.15, -0.1) is 0 Å². The Hall–Kier alpha value is -2.53. The Morgan fingerprint density at radius 2 is 2.13 bits per heavy atom. The first-order chi connectivity index (χ1) is 11.0. The number of benzene rings is 2. The summed E-state index contributed by atoms with van der Waals surface area (Å²) in [6.45, 7) is 1.69. The fourth-order valence-corrected chi connectivity index (χ4v) is 2.51. The van der Waals surface area contributed by atoms with Gasteiger partial charge in [0.05, 0.1) is 12.1 Å². The largest absolute Gasteiger partial charge is 0.479 e. The highest BCUT2D eigenvalue weighted by Crippen LogP contribution is 2.30. The van der Waals surface area contributed by atoms with Crippen LogP contribution in [0, 0.1) is 0 Å². The number of hydrogen-bond acceptors (Lipinski definition) is 3. The van der Waals surface area contributed by atoms with Gasteiger partial charge < -0.3 is 15.4 Å². The summed E-state index contributed by atoms with van der Waals surface area (Å²) >= 11 is 5.89. The minimum absolute atomic E-state index is 0.163. The third kappa shape index (κ3) is 3.63. The lowest BCUT2D eigenvalue weighted by atomic mass is 10.1. The maximum Gasteiger partial charge on any atom is 0.265 e. The van der Waals surface area contributed by atoms with Crippen molar-refractivity contribution in [3.8, 4) is 5.75 Å². The van der Waals surface area contributed by atoms with E-state index in [9.17, 15) is 9.59 Å². The Balaban J connectivity index is 1.70. The van der Waals surface area contributed by atoms with E-state index in [4.69, 9.17) is 16.3 Å². The molecule has 1 heterocycles. The zero-order chi connectivity index (χ0) is 16.4. The normalized spacial score (nSPS) is 16.1. The van der Waals surface area contributed by atoms with Crippen LogP contribution in [0.1, 0.15) is 12.5 Å². The van der Waals surface area contributed by atoms with Crippen LogP contribution in [0.2, 0.25) is 5.02 Å². The molecule has 6 heteroatoms. The van der Waals surface area contributed by atoms with Crippen LogP contribution in [0.25, 0.3) is 0 Å². The number of anilines is 2. The van der Waals surface area contributed by atoms with Crippen LogP contribution < -0.4 is 15.4 Å². The van der Waals surface area contributed by atoms with Crippen molar-refractivity contribution in [3.05, 3.63) is 53.1 Å². The van der Waals surface area contributed by atoms with Crippen molar-refractivity contribution >= 4 is 34.8 Å². The maximum atomic E-state index is 12.1. The highest BCUT2D eigenvalue weighted by molar-refractivity contribution is 6.30. The minimum atomic E-state index is -0.514. The number of rotatable bonds is 3. The first-order valence-corrected chi connectivity index (χ1v) is 7.55. The van der Waals surface area contributed by atoms with Crippen LogP contribution in [0.15, 0.2) is 42.5 Å². The van der Waals surface area contributed by atoms with Crippen molar-refractivity contribution < 1.29 is 14.3 Å². The Bertz CT molecular complexity index is 776. The van der Waals surface area contributed by atoms with E-state index in [1.807, 2.05) is 0 Å². The summed E-state index contributed by atoms with van der Waals surface area (Å²) in [6.07, 6.45) is -0.329. The van der Waals surface area contributed by atoms with Gasteiger partial charge in [-0.3, -0.25) is 9.59 Å². The van der Waals surface area contributed by atoms with E-state index in [0.717, 1.165) is 5.56 Å². The van der Waals surface area contributed by atoms with Crippen molar-refractivity contribution in [2.24, 2.45) is 0 Å². The van der Waals surface area contributed by atoms with Crippen LogP contribution in [0.3, 0.4) is 0 Å². The summed E-state index contributed by atoms with van der Waals surface area (Å²) in [5, 5.41) is 6.11. The highest BCUT2D eigenvalue weighted by Gasteiger charge is 2.23. The van der Waals surface area contributed by atoms with E-state index in [1.54, 1.807) is 49.4 Å². The molecule has 23 heavy (non-hydrogen) atoms. The fourth-order valence-electron chi connectivity index (χ4n) is 2.32. The average molecular weight is 331 g/mol. The molecular weight excluding hydrogens is 316 g/mol. The summed E-state index contributed by atoms with van der Waals surface area (Å²) in [5.41, 5.74) is 2.01. The van der Waals surface area contributed by atoms with Gasteiger partial charge >= 0.3 is 0 Å². The zero-order valence-electron chi connectivity index (χ0n) is 12.4. The van der Waals surface area contributed by atoms with Crippen molar-refractivity contribution in [2.45, 2.75) is 19.4 Å². The zero-order valence-corrected chi connectivity index (χ0v) is 13.2. The second-order valence-electron chi connectivity index (χ2n) is 5.32. The first-order valence-electron chi connectivity index (χ1n) is 7.17. The fraction of sp³-hybridized carbons (Fsp3) is 0.176. The molecule has 0 saturated heterocycles. The smallest absolute Gasteiger partial charge is 0.265 e. The van der Waals surface area contributed by atoms with E-state index < -0.39 is 6.10 Å². The van der Waals surface area contributed by atoms with Crippen molar-refractivity contribution in [3.63, 3.8) is 0 Å². The summed E-state index contributed by atoms with van der Waals surface area (Å²) in [5.74, 6) is 0.248. The number of nitrogens with one attached hydrogen (secondary N) is 2. The predicted octanol–water partition coefficient (Wildman–Crippen LogP) is 3.24. The van der Waals surface area contributed by atoms with Crippen molar-refractivity contribution in [2.75, 3.05) is 10.6 Å².